The summed E-state index contributed by atoms with van der Waals surface area (Å²) in [7, 11) is 0. The SMILES string of the molecule is CCCCCCCCCC.SCC1CO1. The molecule has 0 N–H and O–H groups in total. The summed E-state index contributed by atoms with van der Waals surface area (Å²) >= 11 is 3.95. The number of thiol groups is 1. The minimum absolute atomic E-state index is 0.498. The van der Waals surface area contributed by atoms with Gasteiger partial charge in [0.15, 0.2) is 0 Å². The molecule has 1 unspecified atom stereocenters. The lowest BCUT2D eigenvalue weighted by Crippen LogP contribution is -1.80. The van der Waals surface area contributed by atoms with Crippen molar-refractivity contribution in [2.24, 2.45) is 0 Å². The van der Waals surface area contributed by atoms with Crippen molar-refractivity contribution >= 4 is 12.6 Å². The maximum Gasteiger partial charge on any atom is 0.0897 e. The van der Waals surface area contributed by atoms with E-state index in [9.17, 15) is 0 Å². The first-order valence-corrected chi connectivity index (χ1v) is 7.20. The molecule has 1 heterocycles. The van der Waals surface area contributed by atoms with Crippen LogP contribution in [0.2, 0.25) is 0 Å². The van der Waals surface area contributed by atoms with Gasteiger partial charge in [0.2, 0.25) is 0 Å². The lowest BCUT2D eigenvalue weighted by atomic mass is 10.1. The zero-order valence-electron chi connectivity index (χ0n) is 10.5. The van der Waals surface area contributed by atoms with E-state index in [0.29, 0.717) is 6.10 Å². The van der Waals surface area contributed by atoms with E-state index >= 15 is 0 Å². The van der Waals surface area contributed by atoms with Crippen LogP contribution in [0.5, 0.6) is 0 Å². The molecule has 2 heteroatoms. The molecule has 0 saturated carbocycles. The lowest BCUT2D eigenvalue weighted by molar-refractivity contribution is 0.426. The summed E-state index contributed by atoms with van der Waals surface area (Å²) in [4.78, 5) is 0. The summed E-state index contributed by atoms with van der Waals surface area (Å²) in [5.41, 5.74) is 0. The van der Waals surface area contributed by atoms with Crippen LogP contribution in [0.1, 0.15) is 65.2 Å². The van der Waals surface area contributed by atoms with Crippen LogP contribution in [0, 0.1) is 0 Å². The van der Waals surface area contributed by atoms with Crippen LogP contribution >= 0.6 is 12.6 Å². The summed E-state index contributed by atoms with van der Waals surface area (Å²) in [5.74, 6) is 0.889. The van der Waals surface area contributed by atoms with Gasteiger partial charge in [0.05, 0.1) is 12.7 Å². The molecule has 1 aliphatic heterocycles. The van der Waals surface area contributed by atoms with E-state index in [1.807, 2.05) is 0 Å². The average molecular weight is 232 g/mol. The Morgan fingerprint density at radius 1 is 0.933 bits per heavy atom. The predicted molar refractivity (Wildman–Crippen MR) is 71.9 cm³/mol. The van der Waals surface area contributed by atoms with Gasteiger partial charge in [-0.2, -0.15) is 12.6 Å². The molecule has 1 aliphatic rings. The van der Waals surface area contributed by atoms with Crippen LogP contribution < -0.4 is 0 Å². The molecular formula is C13H28OS. The second-order valence-corrected chi connectivity index (χ2v) is 4.62. The zero-order chi connectivity index (χ0) is 11.4. The summed E-state index contributed by atoms with van der Waals surface area (Å²) in [6.45, 7) is 5.47. The highest BCUT2D eigenvalue weighted by Gasteiger charge is 2.18. The van der Waals surface area contributed by atoms with Gasteiger partial charge < -0.3 is 4.74 Å². The van der Waals surface area contributed by atoms with Gasteiger partial charge in [0, 0.05) is 5.75 Å². The van der Waals surface area contributed by atoms with Gasteiger partial charge in [-0.15, -0.1) is 0 Å². The fourth-order valence-corrected chi connectivity index (χ4v) is 1.59. The van der Waals surface area contributed by atoms with Gasteiger partial charge in [-0.25, -0.2) is 0 Å². The monoisotopic (exact) mass is 232 g/mol. The van der Waals surface area contributed by atoms with Crippen molar-refractivity contribution in [3.05, 3.63) is 0 Å². The van der Waals surface area contributed by atoms with Crippen molar-refractivity contribution in [3.8, 4) is 0 Å². The predicted octanol–water partition coefficient (Wildman–Crippen LogP) is 4.46. The Labute approximate surface area is 101 Å². The van der Waals surface area contributed by atoms with E-state index in [1.165, 1.54) is 51.4 Å². The van der Waals surface area contributed by atoms with Gasteiger partial charge in [-0.3, -0.25) is 0 Å². The third-order valence-electron chi connectivity index (χ3n) is 2.56. The largest absolute Gasteiger partial charge is 0.372 e. The van der Waals surface area contributed by atoms with Gasteiger partial charge in [-0.05, 0) is 0 Å². The Balaban J connectivity index is 0.000000322. The minimum Gasteiger partial charge on any atom is -0.372 e. The second-order valence-electron chi connectivity index (χ2n) is 4.26. The van der Waals surface area contributed by atoms with E-state index in [2.05, 4.69) is 26.5 Å². The molecule has 0 radical (unpaired) electrons. The highest BCUT2D eigenvalue weighted by atomic mass is 32.1. The first-order valence-electron chi connectivity index (χ1n) is 6.57. The number of hydrogen-bond acceptors (Lipinski definition) is 2. The van der Waals surface area contributed by atoms with E-state index in [0.717, 1.165) is 12.4 Å². The highest BCUT2D eigenvalue weighted by Crippen LogP contribution is 2.08. The molecule has 0 spiro atoms. The lowest BCUT2D eigenvalue weighted by Gasteiger charge is -1.97. The Morgan fingerprint density at radius 3 is 1.53 bits per heavy atom. The quantitative estimate of drug-likeness (QED) is 0.370. The Kier molecular flexibility index (Phi) is 12.6. The van der Waals surface area contributed by atoms with Crippen molar-refractivity contribution in [2.75, 3.05) is 12.4 Å². The van der Waals surface area contributed by atoms with Crippen LogP contribution in [-0.2, 0) is 4.74 Å². The maximum atomic E-state index is 4.78. The normalized spacial score (nSPS) is 18.2. The van der Waals surface area contributed by atoms with Crippen molar-refractivity contribution in [2.45, 2.75) is 71.3 Å². The van der Waals surface area contributed by atoms with E-state index < -0.39 is 0 Å². The first kappa shape index (κ1) is 15.3. The Bertz CT molecular complexity index is 105. The maximum absolute atomic E-state index is 4.78. The fraction of sp³-hybridized carbons (Fsp3) is 1.00. The van der Waals surface area contributed by atoms with Gasteiger partial charge in [-0.1, -0.05) is 65.2 Å². The van der Waals surface area contributed by atoms with E-state index in [4.69, 9.17) is 4.74 Å². The molecule has 0 aromatic carbocycles. The zero-order valence-corrected chi connectivity index (χ0v) is 11.4. The molecule has 1 fully saturated rings. The van der Waals surface area contributed by atoms with E-state index in [1.54, 1.807) is 0 Å². The molecule has 0 bridgehead atoms. The van der Waals surface area contributed by atoms with Gasteiger partial charge in [0.25, 0.3) is 0 Å². The number of rotatable bonds is 8. The number of ether oxygens (including phenoxy) is 1. The van der Waals surface area contributed by atoms with Crippen LogP contribution in [0.25, 0.3) is 0 Å². The molecule has 1 rings (SSSR count). The van der Waals surface area contributed by atoms with Crippen molar-refractivity contribution in [1.82, 2.24) is 0 Å². The van der Waals surface area contributed by atoms with Crippen LogP contribution in [0.3, 0.4) is 0 Å². The standard InChI is InChI=1S/C10H22.C3H6OS/c1-3-5-7-9-10-8-6-4-2;5-2-3-1-4-3/h3-10H2,1-2H3;3,5H,1-2H2. The number of unbranched alkanes of at least 4 members (excludes halogenated alkanes) is 7. The Morgan fingerprint density at radius 2 is 1.33 bits per heavy atom. The average Bonchev–Trinajstić information content (AvgIpc) is 3.08. The summed E-state index contributed by atoms with van der Waals surface area (Å²) in [5, 5.41) is 0. The smallest absolute Gasteiger partial charge is 0.0897 e. The molecule has 0 aliphatic carbocycles. The molecule has 0 amide bonds. The molecule has 0 aromatic heterocycles. The first-order chi connectivity index (χ1) is 7.35. The summed E-state index contributed by atoms with van der Waals surface area (Å²) < 4.78 is 4.78. The van der Waals surface area contributed by atoms with Crippen molar-refractivity contribution < 1.29 is 4.74 Å². The second kappa shape index (κ2) is 12.4. The summed E-state index contributed by atoms with van der Waals surface area (Å²) in [6.07, 6.45) is 12.0. The van der Waals surface area contributed by atoms with Gasteiger partial charge >= 0.3 is 0 Å². The van der Waals surface area contributed by atoms with Crippen LogP contribution in [0.15, 0.2) is 0 Å². The third kappa shape index (κ3) is 14.3. The van der Waals surface area contributed by atoms with Crippen LogP contribution in [0.4, 0.5) is 0 Å². The molecule has 1 saturated heterocycles. The fourth-order valence-electron chi connectivity index (χ4n) is 1.38. The minimum atomic E-state index is 0.498. The molecule has 15 heavy (non-hydrogen) atoms. The van der Waals surface area contributed by atoms with Crippen molar-refractivity contribution in [3.63, 3.8) is 0 Å². The molecule has 1 nitrogen and oxygen atoms in total. The third-order valence-corrected chi connectivity index (χ3v) is 2.97. The topological polar surface area (TPSA) is 12.5 Å². The molecule has 92 valence electrons. The van der Waals surface area contributed by atoms with E-state index in [-0.39, 0.29) is 0 Å². The Hall–Kier alpha value is 0.310. The van der Waals surface area contributed by atoms with Gasteiger partial charge in [0.1, 0.15) is 0 Å². The highest BCUT2D eigenvalue weighted by molar-refractivity contribution is 7.80. The molecule has 1 atom stereocenters. The number of epoxide rings is 1. The summed E-state index contributed by atoms with van der Waals surface area (Å²) in [6, 6.07) is 0. The molecular weight excluding hydrogens is 204 g/mol. The molecule has 0 aromatic rings. The number of hydrogen-bond donors (Lipinski definition) is 1. The van der Waals surface area contributed by atoms with Crippen molar-refractivity contribution in [1.29, 1.82) is 0 Å². The van der Waals surface area contributed by atoms with Crippen LogP contribution in [-0.4, -0.2) is 18.5 Å².